The SMILES string of the molecule is CC(C)(c1ccccc1)c1ccc(OC(=O)Nc2ccc(O)cc2)cc1. The van der Waals surface area contributed by atoms with Crippen LogP contribution in [0.1, 0.15) is 25.0 Å². The lowest BCUT2D eigenvalue weighted by Crippen LogP contribution is -2.19. The highest BCUT2D eigenvalue weighted by Crippen LogP contribution is 2.32. The Balaban J connectivity index is 1.67. The molecule has 4 heteroatoms. The smallest absolute Gasteiger partial charge is 0.417 e. The molecule has 0 unspecified atom stereocenters. The maximum atomic E-state index is 12.0. The molecule has 0 aliphatic carbocycles. The Labute approximate surface area is 153 Å². The molecule has 0 saturated carbocycles. The molecule has 2 N–H and O–H groups in total. The van der Waals surface area contributed by atoms with Gasteiger partial charge in [0.1, 0.15) is 11.5 Å². The predicted molar refractivity (Wildman–Crippen MR) is 103 cm³/mol. The Morgan fingerprint density at radius 3 is 2.04 bits per heavy atom. The van der Waals surface area contributed by atoms with Crippen LogP contribution in [0, 0.1) is 0 Å². The summed E-state index contributed by atoms with van der Waals surface area (Å²) < 4.78 is 5.31. The quantitative estimate of drug-likeness (QED) is 0.627. The number of nitrogens with one attached hydrogen (secondary N) is 1. The molecule has 3 rings (SSSR count). The molecule has 0 aliphatic heterocycles. The van der Waals surface area contributed by atoms with Crippen molar-refractivity contribution in [2.75, 3.05) is 5.32 Å². The largest absolute Gasteiger partial charge is 0.508 e. The maximum Gasteiger partial charge on any atom is 0.417 e. The highest BCUT2D eigenvalue weighted by molar-refractivity contribution is 5.86. The van der Waals surface area contributed by atoms with Crippen LogP contribution < -0.4 is 10.1 Å². The summed E-state index contributed by atoms with van der Waals surface area (Å²) in [6.07, 6.45) is -0.578. The number of amides is 1. The zero-order chi connectivity index (χ0) is 18.6. The van der Waals surface area contributed by atoms with Gasteiger partial charge in [0.15, 0.2) is 0 Å². The third kappa shape index (κ3) is 4.03. The summed E-state index contributed by atoms with van der Waals surface area (Å²) in [5, 5.41) is 11.9. The molecule has 0 heterocycles. The molecule has 0 aromatic heterocycles. The van der Waals surface area contributed by atoms with Gasteiger partial charge in [0, 0.05) is 11.1 Å². The second-order valence-corrected chi connectivity index (χ2v) is 6.58. The fraction of sp³-hybridized carbons (Fsp3) is 0.136. The average Bonchev–Trinajstić information content (AvgIpc) is 2.65. The lowest BCUT2D eigenvalue weighted by Gasteiger charge is -2.26. The van der Waals surface area contributed by atoms with E-state index in [1.54, 1.807) is 24.3 Å². The standard InChI is InChI=1S/C22H21NO3/c1-22(2,16-6-4-3-5-7-16)17-8-14-20(15-9-17)26-21(25)23-18-10-12-19(24)13-11-18/h3-15,24H,1-2H3,(H,23,25). The highest BCUT2D eigenvalue weighted by Gasteiger charge is 2.22. The van der Waals surface area contributed by atoms with Crippen LogP contribution in [0.3, 0.4) is 0 Å². The second-order valence-electron chi connectivity index (χ2n) is 6.58. The van der Waals surface area contributed by atoms with Gasteiger partial charge in [0.05, 0.1) is 0 Å². The fourth-order valence-electron chi connectivity index (χ4n) is 2.76. The zero-order valence-corrected chi connectivity index (χ0v) is 14.8. The molecule has 0 spiro atoms. The van der Waals surface area contributed by atoms with E-state index in [0.29, 0.717) is 11.4 Å². The van der Waals surface area contributed by atoms with Crippen molar-refractivity contribution in [2.24, 2.45) is 0 Å². The average molecular weight is 347 g/mol. The minimum absolute atomic E-state index is 0.139. The summed E-state index contributed by atoms with van der Waals surface area (Å²) in [4.78, 5) is 12.0. The van der Waals surface area contributed by atoms with E-state index >= 15 is 0 Å². The number of hydrogen-bond acceptors (Lipinski definition) is 3. The Kier molecular flexibility index (Phi) is 4.94. The van der Waals surface area contributed by atoms with E-state index in [1.165, 1.54) is 17.7 Å². The molecule has 0 bridgehead atoms. The van der Waals surface area contributed by atoms with Gasteiger partial charge in [-0.05, 0) is 47.5 Å². The normalized spacial score (nSPS) is 11.0. The summed E-state index contributed by atoms with van der Waals surface area (Å²) in [7, 11) is 0. The van der Waals surface area contributed by atoms with E-state index in [4.69, 9.17) is 4.74 Å². The van der Waals surface area contributed by atoms with E-state index in [1.807, 2.05) is 30.3 Å². The van der Waals surface area contributed by atoms with Crippen LogP contribution in [0.15, 0.2) is 78.9 Å². The van der Waals surface area contributed by atoms with E-state index in [9.17, 15) is 9.90 Å². The first-order valence-corrected chi connectivity index (χ1v) is 8.39. The number of carbonyl (C=O) groups is 1. The molecular weight excluding hydrogens is 326 g/mol. The minimum atomic E-state index is -0.578. The Hall–Kier alpha value is -3.27. The van der Waals surface area contributed by atoms with Crippen molar-refractivity contribution < 1.29 is 14.6 Å². The molecule has 132 valence electrons. The molecule has 3 aromatic carbocycles. The molecule has 0 atom stereocenters. The van der Waals surface area contributed by atoms with Crippen molar-refractivity contribution in [2.45, 2.75) is 19.3 Å². The number of phenolic OH excluding ortho intramolecular Hbond substituents is 1. The zero-order valence-electron chi connectivity index (χ0n) is 14.8. The third-order valence-electron chi connectivity index (χ3n) is 4.40. The van der Waals surface area contributed by atoms with Gasteiger partial charge in [-0.3, -0.25) is 5.32 Å². The Morgan fingerprint density at radius 1 is 0.846 bits per heavy atom. The van der Waals surface area contributed by atoms with Crippen molar-refractivity contribution in [3.8, 4) is 11.5 Å². The number of benzene rings is 3. The van der Waals surface area contributed by atoms with Gasteiger partial charge < -0.3 is 9.84 Å². The second kappa shape index (κ2) is 7.31. The van der Waals surface area contributed by atoms with Gasteiger partial charge in [-0.15, -0.1) is 0 Å². The Bertz CT molecular complexity index is 870. The van der Waals surface area contributed by atoms with Crippen LogP contribution in [-0.2, 0) is 5.41 Å². The van der Waals surface area contributed by atoms with Crippen LogP contribution in [0.5, 0.6) is 11.5 Å². The van der Waals surface area contributed by atoms with Gasteiger partial charge in [0.25, 0.3) is 0 Å². The first-order valence-electron chi connectivity index (χ1n) is 8.39. The number of anilines is 1. The van der Waals surface area contributed by atoms with Crippen molar-refractivity contribution in [3.05, 3.63) is 90.0 Å². The molecule has 1 amide bonds. The number of aromatic hydroxyl groups is 1. The molecular formula is C22H21NO3. The van der Waals surface area contributed by atoms with Crippen molar-refractivity contribution in [3.63, 3.8) is 0 Å². The first-order chi connectivity index (χ1) is 12.4. The predicted octanol–water partition coefficient (Wildman–Crippen LogP) is 5.33. The van der Waals surface area contributed by atoms with Gasteiger partial charge >= 0.3 is 6.09 Å². The molecule has 4 nitrogen and oxygen atoms in total. The van der Waals surface area contributed by atoms with Crippen LogP contribution in [0.25, 0.3) is 0 Å². The number of phenols is 1. The summed E-state index contributed by atoms with van der Waals surface area (Å²) in [5.41, 5.74) is 2.76. The monoisotopic (exact) mass is 347 g/mol. The molecule has 3 aromatic rings. The summed E-state index contributed by atoms with van der Waals surface area (Å²) in [5.74, 6) is 0.606. The lowest BCUT2D eigenvalue weighted by atomic mass is 9.78. The maximum absolute atomic E-state index is 12.0. The van der Waals surface area contributed by atoms with Crippen molar-refractivity contribution >= 4 is 11.8 Å². The number of carbonyl (C=O) groups excluding carboxylic acids is 1. The van der Waals surface area contributed by atoms with Gasteiger partial charge in [-0.1, -0.05) is 56.3 Å². The summed E-state index contributed by atoms with van der Waals surface area (Å²) in [6.45, 7) is 4.32. The van der Waals surface area contributed by atoms with Gasteiger partial charge in [-0.25, -0.2) is 4.79 Å². The lowest BCUT2D eigenvalue weighted by molar-refractivity contribution is 0.215. The number of hydrogen-bond donors (Lipinski definition) is 2. The van der Waals surface area contributed by atoms with Crippen LogP contribution >= 0.6 is 0 Å². The van der Waals surface area contributed by atoms with Gasteiger partial charge in [0.2, 0.25) is 0 Å². The topological polar surface area (TPSA) is 58.6 Å². The minimum Gasteiger partial charge on any atom is -0.508 e. The van der Waals surface area contributed by atoms with E-state index in [2.05, 4.69) is 31.3 Å². The molecule has 26 heavy (non-hydrogen) atoms. The number of rotatable bonds is 4. The van der Waals surface area contributed by atoms with E-state index in [-0.39, 0.29) is 11.2 Å². The van der Waals surface area contributed by atoms with Crippen LogP contribution in [0.4, 0.5) is 10.5 Å². The van der Waals surface area contributed by atoms with Gasteiger partial charge in [-0.2, -0.15) is 0 Å². The van der Waals surface area contributed by atoms with E-state index < -0.39 is 6.09 Å². The molecule has 0 fully saturated rings. The fourth-order valence-corrected chi connectivity index (χ4v) is 2.76. The Morgan fingerprint density at radius 2 is 1.42 bits per heavy atom. The van der Waals surface area contributed by atoms with Crippen molar-refractivity contribution in [1.82, 2.24) is 0 Å². The van der Waals surface area contributed by atoms with Crippen LogP contribution in [0.2, 0.25) is 0 Å². The van der Waals surface area contributed by atoms with E-state index in [0.717, 1.165) is 5.56 Å². The third-order valence-corrected chi connectivity index (χ3v) is 4.40. The highest BCUT2D eigenvalue weighted by atomic mass is 16.6. The summed E-state index contributed by atoms with van der Waals surface area (Å²) in [6, 6.07) is 24.0. The molecule has 0 saturated heterocycles. The van der Waals surface area contributed by atoms with Crippen LogP contribution in [-0.4, -0.2) is 11.2 Å². The molecule has 0 aliphatic rings. The number of ether oxygens (including phenoxy) is 1. The first kappa shape index (κ1) is 17.5. The summed E-state index contributed by atoms with van der Waals surface area (Å²) >= 11 is 0. The molecule has 0 radical (unpaired) electrons. The van der Waals surface area contributed by atoms with Crippen molar-refractivity contribution in [1.29, 1.82) is 0 Å².